The van der Waals surface area contributed by atoms with E-state index in [2.05, 4.69) is 15.3 Å². The minimum atomic E-state index is -4.55. The summed E-state index contributed by atoms with van der Waals surface area (Å²) in [5.74, 6) is -0.474. The molecule has 0 atom stereocenters. The van der Waals surface area contributed by atoms with E-state index in [9.17, 15) is 18.0 Å². The normalized spacial score (nSPS) is 16.3. The van der Waals surface area contributed by atoms with Crippen LogP contribution in [0.15, 0.2) is 35.5 Å². The highest BCUT2D eigenvalue weighted by molar-refractivity contribution is 6.17. The first-order chi connectivity index (χ1) is 13.3. The highest BCUT2D eigenvalue weighted by Gasteiger charge is 2.37. The Bertz CT molecular complexity index is 1030. The van der Waals surface area contributed by atoms with Gasteiger partial charge in [-0.05, 0) is 30.7 Å². The topological polar surface area (TPSA) is 81.4 Å². The van der Waals surface area contributed by atoms with Crippen LogP contribution in [0.25, 0.3) is 0 Å². The molecule has 0 bridgehead atoms. The zero-order chi connectivity index (χ0) is 19.9. The average Bonchev–Trinajstić information content (AvgIpc) is 2.76. The standard InChI is InChI=1S/C19H14F3N5O/c20-19(21,22)13-7-15-16(8-17(13)27-4-1-5-27)25-14(9-18(28)26-15)11-2-3-24-12(6-11)10-23/h2-3,6-8H,1,4-5,9H2,(H,26,28). The lowest BCUT2D eigenvalue weighted by atomic mass is 10.0. The van der Waals surface area contributed by atoms with Gasteiger partial charge in [0, 0.05) is 24.8 Å². The molecule has 1 amide bonds. The summed E-state index contributed by atoms with van der Waals surface area (Å²) in [6, 6.07) is 7.34. The average molecular weight is 385 g/mol. The Morgan fingerprint density at radius 2 is 2.00 bits per heavy atom. The summed E-state index contributed by atoms with van der Waals surface area (Å²) in [7, 11) is 0. The maximum Gasteiger partial charge on any atom is 0.418 e. The van der Waals surface area contributed by atoms with Gasteiger partial charge in [0.25, 0.3) is 0 Å². The molecule has 2 aromatic rings. The van der Waals surface area contributed by atoms with Gasteiger partial charge in [-0.2, -0.15) is 18.4 Å². The number of nitrogens with one attached hydrogen (secondary N) is 1. The fraction of sp³-hybridized carbons (Fsp3) is 0.263. The first kappa shape index (κ1) is 18.0. The molecule has 0 saturated carbocycles. The summed E-state index contributed by atoms with van der Waals surface area (Å²) in [6.07, 6.45) is -2.41. The number of nitrogens with zero attached hydrogens (tertiary/aromatic N) is 4. The van der Waals surface area contributed by atoms with Gasteiger partial charge in [-0.15, -0.1) is 0 Å². The maximum atomic E-state index is 13.6. The van der Waals surface area contributed by atoms with Crippen LogP contribution in [0.1, 0.15) is 29.7 Å². The molecule has 142 valence electrons. The SMILES string of the molecule is N#Cc1cc(C2=Nc3cc(N4CCC4)c(C(F)(F)F)cc3NC(=O)C2)ccn1. The molecule has 2 aliphatic rings. The van der Waals surface area contributed by atoms with Crippen LogP contribution in [-0.4, -0.2) is 29.7 Å². The Hall–Kier alpha value is -3.41. The van der Waals surface area contributed by atoms with Crippen LogP contribution < -0.4 is 10.2 Å². The van der Waals surface area contributed by atoms with Gasteiger partial charge in [0.2, 0.25) is 5.91 Å². The fourth-order valence-electron chi connectivity index (χ4n) is 3.18. The minimum absolute atomic E-state index is 0.0196. The molecule has 2 aliphatic heterocycles. The Balaban J connectivity index is 1.86. The van der Waals surface area contributed by atoms with Gasteiger partial charge in [-0.25, -0.2) is 4.98 Å². The number of aromatic nitrogens is 1. The predicted octanol–water partition coefficient (Wildman–Crippen LogP) is 3.65. The van der Waals surface area contributed by atoms with Gasteiger partial charge in [0.15, 0.2) is 0 Å². The third-order valence-electron chi connectivity index (χ3n) is 4.68. The lowest BCUT2D eigenvalue weighted by molar-refractivity contribution is -0.137. The Morgan fingerprint density at radius 3 is 2.64 bits per heavy atom. The molecular weight excluding hydrogens is 371 g/mol. The highest BCUT2D eigenvalue weighted by atomic mass is 19.4. The number of halogens is 3. The quantitative estimate of drug-likeness (QED) is 0.856. The van der Waals surface area contributed by atoms with Crippen molar-refractivity contribution in [2.24, 2.45) is 4.99 Å². The van der Waals surface area contributed by atoms with E-state index in [1.165, 1.54) is 18.3 Å². The van der Waals surface area contributed by atoms with Crippen molar-refractivity contribution in [1.29, 1.82) is 5.26 Å². The van der Waals surface area contributed by atoms with E-state index >= 15 is 0 Å². The molecule has 4 rings (SSSR count). The molecule has 0 unspecified atom stereocenters. The number of benzene rings is 1. The molecule has 0 spiro atoms. The molecule has 1 aromatic carbocycles. The fourth-order valence-corrected chi connectivity index (χ4v) is 3.18. The van der Waals surface area contributed by atoms with Gasteiger partial charge >= 0.3 is 6.18 Å². The molecular formula is C19H14F3N5O. The van der Waals surface area contributed by atoms with Crippen LogP contribution in [-0.2, 0) is 11.0 Å². The predicted molar refractivity (Wildman–Crippen MR) is 96.7 cm³/mol. The maximum absolute atomic E-state index is 13.6. The van der Waals surface area contributed by atoms with Gasteiger partial charge in [0.05, 0.1) is 34.8 Å². The highest BCUT2D eigenvalue weighted by Crippen LogP contribution is 2.44. The molecule has 0 radical (unpaired) electrons. The first-order valence-corrected chi connectivity index (χ1v) is 8.59. The van der Waals surface area contributed by atoms with Crippen LogP contribution in [0.5, 0.6) is 0 Å². The third kappa shape index (κ3) is 3.29. The minimum Gasteiger partial charge on any atom is -0.371 e. The number of hydrogen-bond donors (Lipinski definition) is 1. The number of rotatable bonds is 2. The third-order valence-corrected chi connectivity index (χ3v) is 4.68. The van der Waals surface area contributed by atoms with Crippen molar-refractivity contribution in [2.45, 2.75) is 19.0 Å². The van der Waals surface area contributed by atoms with E-state index in [-0.39, 0.29) is 29.2 Å². The molecule has 1 saturated heterocycles. The number of carbonyl (C=O) groups is 1. The van der Waals surface area contributed by atoms with E-state index in [0.29, 0.717) is 24.4 Å². The summed E-state index contributed by atoms with van der Waals surface area (Å²) >= 11 is 0. The van der Waals surface area contributed by atoms with Crippen molar-refractivity contribution < 1.29 is 18.0 Å². The molecule has 0 aliphatic carbocycles. The van der Waals surface area contributed by atoms with E-state index < -0.39 is 17.6 Å². The number of hydrogen-bond acceptors (Lipinski definition) is 5. The second-order valence-electron chi connectivity index (χ2n) is 6.55. The van der Waals surface area contributed by atoms with Crippen LogP contribution in [0.4, 0.5) is 30.2 Å². The van der Waals surface area contributed by atoms with Crippen molar-refractivity contribution in [3.05, 3.63) is 47.3 Å². The summed E-state index contributed by atoms with van der Waals surface area (Å²) in [5, 5.41) is 11.5. The molecule has 1 fully saturated rings. The lowest BCUT2D eigenvalue weighted by Gasteiger charge is -2.35. The summed E-state index contributed by atoms with van der Waals surface area (Å²) in [6.45, 7) is 1.08. The number of nitriles is 1. The van der Waals surface area contributed by atoms with E-state index in [4.69, 9.17) is 5.26 Å². The van der Waals surface area contributed by atoms with Crippen molar-refractivity contribution in [2.75, 3.05) is 23.3 Å². The number of carbonyl (C=O) groups excluding carboxylic acids is 1. The Labute approximate surface area is 158 Å². The van der Waals surface area contributed by atoms with Gasteiger partial charge in [0.1, 0.15) is 11.8 Å². The van der Waals surface area contributed by atoms with Crippen LogP contribution in [0.2, 0.25) is 0 Å². The van der Waals surface area contributed by atoms with Crippen molar-refractivity contribution >= 4 is 28.7 Å². The van der Waals surface area contributed by atoms with Gasteiger partial charge in [-0.3, -0.25) is 9.79 Å². The zero-order valence-corrected chi connectivity index (χ0v) is 14.5. The van der Waals surface area contributed by atoms with Gasteiger partial charge < -0.3 is 10.2 Å². The van der Waals surface area contributed by atoms with Crippen molar-refractivity contribution in [3.63, 3.8) is 0 Å². The number of aliphatic imine (C=N–C) groups is 1. The largest absolute Gasteiger partial charge is 0.418 e. The van der Waals surface area contributed by atoms with E-state index in [1.54, 1.807) is 11.0 Å². The summed E-state index contributed by atoms with van der Waals surface area (Å²) in [5.41, 5.74) is 0.602. The lowest BCUT2D eigenvalue weighted by Crippen LogP contribution is -2.38. The summed E-state index contributed by atoms with van der Waals surface area (Å²) < 4.78 is 40.7. The Kier molecular flexibility index (Phi) is 4.26. The first-order valence-electron chi connectivity index (χ1n) is 8.59. The number of pyridine rings is 1. The van der Waals surface area contributed by atoms with Crippen LogP contribution in [0.3, 0.4) is 0 Å². The monoisotopic (exact) mass is 385 g/mol. The molecule has 1 N–H and O–H groups in total. The molecule has 1 aromatic heterocycles. The van der Waals surface area contributed by atoms with E-state index in [0.717, 1.165) is 12.5 Å². The Morgan fingerprint density at radius 1 is 1.21 bits per heavy atom. The number of fused-ring (bicyclic) bond motifs is 1. The molecule has 6 nitrogen and oxygen atoms in total. The summed E-state index contributed by atoms with van der Waals surface area (Å²) in [4.78, 5) is 22.3. The van der Waals surface area contributed by atoms with Crippen LogP contribution >= 0.6 is 0 Å². The van der Waals surface area contributed by atoms with E-state index in [1.807, 2.05) is 6.07 Å². The number of anilines is 2. The molecule has 3 heterocycles. The molecule has 28 heavy (non-hydrogen) atoms. The van der Waals surface area contributed by atoms with Gasteiger partial charge in [-0.1, -0.05) is 0 Å². The second kappa shape index (κ2) is 6.64. The number of alkyl halides is 3. The smallest absolute Gasteiger partial charge is 0.371 e. The van der Waals surface area contributed by atoms with Crippen LogP contribution in [0, 0.1) is 11.3 Å². The zero-order valence-electron chi connectivity index (χ0n) is 14.5. The number of amides is 1. The van der Waals surface area contributed by atoms with Crippen molar-refractivity contribution in [1.82, 2.24) is 4.98 Å². The molecule has 9 heteroatoms. The van der Waals surface area contributed by atoms with Crippen molar-refractivity contribution in [3.8, 4) is 6.07 Å². The second-order valence-corrected chi connectivity index (χ2v) is 6.55.